The first-order valence-corrected chi connectivity index (χ1v) is 11.9. The standard InChI is InChI=1S/C20H26ClN3O4S/c1-28-16-7-5-14(6-8-16)18-22-19(25)20(23-18)9-11-24(12-10-20)29(26,27)17-4-2-3-15(21)13-17/h2-4,13-14,16H,5-12H2,1H3,(H,22,23,25)/t14-,16-. The summed E-state index contributed by atoms with van der Waals surface area (Å²) in [7, 11) is -1.90. The molecule has 0 atom stereocenters. The Balaban J connectivity index is 1.45. The Bertz CT molecular complexity index is 917. The molecule has 2 aliphatic heterocycles. The Morgan fingerprint density at radius 3 is 2.52 bits per heavy atom. The molecule has 1 N–H and O–H groups in total. The van der Waals surface area contributed by atoms with Gasteiger partial charge in [0.15, 0.2) is 0 Å². The summed E-state index contributed by atoms with van der Waals surface area (Å²) in [5, 5.41) is 3.38. The fourth-order valence-electron chi connectivity index (χ4n) is 4.52. The van der Waals surface area contributed by atoms with Crippen molar-refractivity contribution in [1.82, 2.24) is 9.62 Å². The van der Waals surface area contributed by atoms with Crippen molar-refractivity contribution in [2.45, 2.75) is 55.1 Å². The Labute approximate surface area is 176 Å². The summed E-state index contributed by atoms with van der Waals surface area (Å²) in [5.41, 5.74) is -0.839. The number of nitrogens with one attached hydrogen (secondary N) is 1. The second-order valence-electron chi connectivity index (χ2n) is 8.05. The van der Waals surface area contributed by atoms with E-state index in [0.29, 0.717) is 17.9 Å². The predicted octanol–water partition coefficient (Wildman–Crippen LogP) is 2.60. The van der Waals surface area contributed by atoms with Crippen LogP contribution in [-0.2, 0) is 19.6 Å². The van der Waals surface area contributed by atoms with Crippen LogP contribution in [0.4, 0.5) is 0 Å². The van der Waals surface area contributed by atoms with E-state index in [0.717, 1.165) is 31.5 Å². The number of piperidine rings is 1. The minimum Gasteiger partial charge on any atom is -0.381 e. The van der Waals surface area contributed by atoms with Crippen molar-refractivity contribution in [3.63, 3.8) is 0 Å². The van der Waals surface area contributed by atoms with E-state index in [9.17, 15) is 13.2 Å². The maximum Gasteiger partial charge on any atom is 0.253 e. The molecule has 0 aromatic heterocycles. The molecule has 1 aromatic rings. The molecule has 158 valence electrons. The molecule has 9 heteroatoms. The van der Waals surface area contributed by atoms with Crippen LogP contribution >= 0.6 is 11.6 Å². The molecule has 0 radical (unpaired) electrons. The molecule has 2 fully saturated rings. The van der Waals surface area contributed by atoms with Crippen molar-refractivity contribution >= 4 is 33.4 Å². The molecule has 2 heterocycles. The molecule has 1 saturated heterocycles. The predicted molar refractivity (Wildman–Crippen MR) is 111 cm³/mol. The summed E-state index contributed by atoms with van der Waals surface area (Å²) in [6.45, 7) is 0.519. The van der Waals surface area contributed by atoms with Crippen molar-refractivity contribution in [3.05, 3.63) is 29.3 Å². The lowest BCUT2D eigenvalue weighted by molar-refractivity contribution is -0.125. The lowest BCUT2D eigenvalue weighted by atomic mass is 9.86. The smallest absolute Gasteiger partial charge is 0.253 e. The Morgan fingerprint density at radius 2 is 1.90 bits per heavy atom. The molecule has 3 aliphatic rings. The lowest BCUT2D eigenvalue weighted by Gasteiger charge is -2.34. The fourth-order valence-corrected chi connectivity index (χ4v) is 6.26. The van der Waals surface area contributed by atoms with Crippen LogP contribution in [0, 0.1) is 5.92 Å². The van der Waals surface area contributed by atoms with Gasteiger partial charge in [-0.3, -0.25) is 9.79 Å². The van der Waals surface area contributed by atoms with Crippen molar-refractivity contribution in [2.75, 3.05) is 20.2 Å². The van der Waals surface area contributed by atoms with E-state index >= 15 is 0 Å². The van der Waals surface area contributed by atoms with Crippen LogP contribution in [0.15, 0.2) is 34.2 Å². The lowest BCUT2D eigenvalue weighted by Crippen LogP contribution is -2.50. The monoisotopic (exact) mass is 439 g/mol. The van der Waals surface area contributed by atoms with Gasteiger partial charge in [0.25, 0.3) is 5.91 Å². The van der Waals surface area contributed by atoms with Crippen molar-refractivity contribution in [3.8, 4) is 0 Å². The number of nitrogens with zero attached hydrogens (tertiary/aromatic N) is 2. The highest BCUT2D eigenvalue weighted by Gasteiger charge is 2.48. The highest BCUT2D eigenvalue weighted by atomic mass is 35.5. The Kier molecular flexibility index (Phi) is 5.72. The Hall–Kier alpha value is -1.48. The molecule has 1 spiro atoms. The van der Waals surface area contributed by atoms with E-state index in [1.165, 1.54) is 10.4 Å². The van der Waals surface area contributed by atoms with Crippen LogP contribution in [0.2, 0.25) is 5.02 Å². The molecule has 1 amide bonds. The highest BCUT2D eigenvalue weighted by molar-refractivity contribution is 7.89. The second-order valence-corrected chi connectivity index (χ2v) is 10.4. The number of rotatable bonds is 4. The van der Waals surface area contributed by atoms with Gasteiger partial charge >= 0.3 is 0 Å². The molecule has 1 aliphatic carbocycles. The average molecular weight is 440 g/mol. The number of hydrogen-bond acceptors (Lipinski definition) is 5. The summed E-state index contributed by atoms with van der Waals surface area (Å²) in [6, 6.07) is 6.27. The minimum absolute atomic E-state index is 0.0961. The van der Waals surface area contributed by atoms with Crippen molar-refractivity contribution in [1.29, 1.82) is 0 Å². The molecular weight excluding hydrogens is 414 g/mol. The number of benzene rings is 1. The largest absolute Gasteiger partial charge is 0.381 e. The van der Waals surface area contributed by atoms with Crippen LogP contribution in [-0.4, -0.2) is 56.3 Å². The molecule has 4 rings (SSSR count). The van der Waals surface area contributed by atoms with Gasteiger partial charge in [0.2, 0.25) is 10.0 Å². The van der Waals surface area contributed by atoms with E-state index in [1.54, 1.807) is 25.3 Å². The highest BCUT2D eigenvalue weighted by Crippen LogP contribution is 2.36. The number of aliphatic imine (C=N–C) groups is 1. The molecular formula is C20H26ClN3O4S. The molecule has 29 heavy (non-hydrogen) atoms. The van der Waals surface area contributed by atoms with Crippen LogP contribution in [0.1, 0.15) is 38.5 Å². The third-order valence-corrected chi connectivity index (χ3v) is 8.51. The van der Waals surface area contributed by atoms with Gasteiger partial charge in [-0.05, 0) is 56.7 Å². The van der Waals surface area contributed by atoms with Crippen molar-refractivity contribution in [2.24, 2.45) is 10.9 Å². The zero-order valence-electron chi connectivity index (χ0n) is 16.4. The van der Waals surface area contributed by atoms with E-state index in [1.807, 2.05) is 0 Å². The minimum atomic E-state index is -3.64. The molecule has 7 nitrogen and oxygen atoms in total. The number of methoxy groups -OCH3 is 1. The quantitative estimate of drug-likeness (QED) is 0.781. The Morgan fingerprint density at radius 1 is 1.21 bits per heavy atom. The number of amidine groups is 1. The van der Waals surface area contributed by atoms with Gasteiger partial charge in [-0.15, -0.1) is 0 Å². The first-order chi connectivity index (χ1) is 13.8. The summed E-state index contributed by atoms with van der Waals surface area (Å²) >= 11 is 5.95. The van der Waals surface area contributed by atoms with Gasteiger partial charge in [-0.1, -0.05) is 17.7 Å². The molecule has 0 unspecified atom stereocenters. The molecule has 0 bridgehead atoms. The zero-order valence-corrected chi connectivity index (χ0v) is 18.0. The van der Waals surface area contributed by atoms with Crippen LogP contribution in [0.5, 0.6) is 0 Å². The summed E-state index contributed by atoms with van der Waals surface area (Å²) in [4.78, 5) is 17.7. The number of amides is 1. The van der Waals surface area contributed by atoms with Gasteiger partial charge < -0.3 is 10.1 Å². The number of carbonyl (C=O) groups is 1. The molecule has 1 saturated carbocycles. The zero-order chi connectivity index (χ0) is 20.6. The number of hydrogen-bond donors (Lipinski definition) is 1. The first kappa shape index (κ1) is 20.8. The van der Waals surface area contributed by atoms with Crippen LogP contribution in [0.3, 0.4) is 0 Å². The number of sulfonamides is 1. The second kappa shape index (κ2) is 7.98. The van der Waals surface area contributed by atoms with Crippen LogP contribution in [0.25, 0.3) is 0 Å². The normalized spacial score (nSPS) is 27.7. The van der Waals surface area contributed by atoms with E-state index < -0.39 is 15.6 Å². The third-order valence-electron chi connectivity index (χ3n) is 6.38. The summed E-state index contributed by atoms with van der Waals surface area (Å²) < 4.78 is 32.7. The average Bonchev–Trinajstić information content (AvgIpc) is 3.04. The van der Waals surface area contributed by atoms with E-state index in [4.69, 9.17) is 21.3 Å². The summed E-state index contributed by atoms with van der Waals surface area (Å²) in [6.07, 6.45) is 4.89. The van der Waals surface area contributed by atoms with Gasteiger partial charge in [0.1, 0.15) is 11.4 Å². The molecule has 1 aromatic carbocycles. The van der Waals surface area contributed by atoms with Gasteiger partial charge in [-0.25, -0.2) is 8.42 Å². The van der Waals surface area contributed by atoms with E-state index in [2.05, 4.69) is 5.32 Å². The number of carbonyl (C=O) groups excluding carboxylic acids is 1. The van der Waals surface area contributed by atoms with Crippen LogP contribution < -0.4 is 5.32 Å². The fraction of sp³-hybridized carbons (Fsp3) is 0.600. The van der Waals surface area contributed by atoms with Gasteiger partial charge in [0.05, 0.1) is 11.0 Å². The number of ether oxygens (including phenoxy) is 1. The number of halogens is 1. The van der Waals surface area contributed by atoms with Gasteiger partial charge in [0, 0.05) is 31.1 Å². The maximum atomic E-state index is 12.9. The summed E-state index contributed by atoms with van der Waals surface area (Å²) in [5.74, 6) is 0.926. The van der Waals surface area contributed by atoms with E-state index in [-0.39, 0.29) is 35.9 Å². The topological polar surface area (TPSA) is 88.1 Å². The maximum absolute atomic E-state index is 12.9. The van der Waals surface area contributed by atoms with Crippen molar-refractivity contribution < 1.29 is 17.9 Å². The third kappa shape index (κ3) is 3.95. The van der Waals surface area contributed by atoms with Gasteiger partial charge in [-0.2, -0.15) is 4.31 Å². The first-order valence-electron chi connectivity index (χ1n) is 10.0. The SMILES string of the molecule is CO[C@H]1CC[C@H](C2=NC3(CCN(S(=O)(=O)c4cccc(Cl)c4)CC3)C(=O)N2)CC1.